The van der Waals surface area contributed by atoms with Crippen molar-refractivity contribution in [2.24, 2.45) is 5.92 Å². The van der Waals surface area contributed by atoms with E-state index in [1.165, 1.54) is 0 Å². The van der Waals surface area contributed by atoms with Gasteiger partial charge in [0.25, 0.3) is 0 Å². The molecule has 0 spiro atoms. The van der Waals surface area contributed by atoms with Gasteiger partial charge in [-0.25, -0.2) is 4.39 Å². The number of rotatable bonds is 2. The fourth-order valence-electron chi connectivity index (χ4n) is 1.39. The second kappa shape index (κ2) is 3.48. The van der Waals surface area contributed by atoms with E-state index in [1.54, 1.807) is 0 Å². The molecule has 1 fully saturated rings. The molecule has 3 nitrogen and oxygen atoms in total. The first kappa shape index (κ1) is 10.4. The van der Waals surface area contributed by atoms with E-state index in [9.17, 15) is 17.6 Å². The number of hydrogen-bond acceptors (Lipinski definition) is 2. The van der Waals surface area contributed by atoms with Crippen LogP contribution in [-0.2, 0) is 10.9 Å². The van der Waals surface area contributed by atoms with Crippen molar-refractivity contribution in [2.45, 2.75) is 12.3 Å². The molecule has 0 radical (unpaired) electrons. The Bertz CT molecular complexity index is 345. The zero-order chi connectivity index (χ0) is 11.1. The molecule has 1 aromatic rings. The third kappa shape index (κ3) is 1.83. The summed E-state index contributed by atoms with van der Waals surface area (Å²) < 4.78 is 55.4. The van der Waals surface area contributed by atoms with Gasteiger partial charge in [0, 0.05) is 5.92 Å². The number of alkyl halides is 4. The van der Waals surface area contributed by atoms with Crippen molar-refractivity contribution in [3.05, 3.63) is 17.5 Å². The largest absolute Gasteiger partial charge is 0.419 e. The average molecular weight is 224 g/mol. The maximum Gasteiger partial charge on any atom is 0.419 e. The van der Waals surface area contributed by atoms with Crippen LogP contribution in [0.1, 0.15) is 17.4 Å². The number of aromatic nitrogens is 2. The predicted molar refractivity (Wildman–Crippen MR) is 41.7 cm³/mol. The summed E-state index contributed by atoms with van der Waals surface area (Å²) in [4.78, 5) is 0. The molecule has 0 aromatic carbocycles. The van der Waals surface area contributed by atoms with Gasteiger partial charge in [-0.1, -0.05) is 0 Å². The summed E-state index contributed by atoms with van der Waals surface area (Å²) >= 11 is 0. The van der Waals surface area contributed by atoms with Gasteiger partial charge in [0.1, 0.15) is 6.17 Å². The first-order valence-electron chi connectivity index (χ1n) is 4.32. The van der Waals surface area contributed by atoms with E-state index in [2.05, 4.69) is 10.2 Å². The maximum absolute atomic E-state index is 13.6. The SMILES string of the molecule is F[C@H](c1[nH]ncc1C(F)(F)F)C1COC1. The summed E-state index contributed by atoms with van der Waals surface area (Å²) in [6.45, 7) is 0.301. The van der Waals surface area contributed by atoms with Crippen molar-refractivity contribution in [1.82, 2.24) is 10.2 Å². The summed E-state index contributed by atoms with van der Waals surface area (Å²) in [5.41, 5.74) is -1.54. The van der Waals surface area contributed by atoms with Crippen LogP contribution >= 0.6 is 0 Å². The number of ether oxygens (including phenoxy) is 1. The van der Waals surface area contributed by atoms with Gasteiger partial charge in [-0.05, 0) is 0 Å². The highest BCUT2D eigenvalue weighted by atomic mass is 19.4. The Morgan fingerprint density at radius 3 is 2.60 bits per heavy atom. The monoisotopic (exact) mass is 224 g/mol. The minimum atomic E-state index is -4.57. The lowest BCUT2D eigenvalue weighted by atomic mass is 9.97. The quantitative estimate of drug-likeness (QED) is 0.781. The number of halogens is 4. The number of aromatic amines is 1. The Hall–Kier alpha value is -1.11. The molecule has 0 amide bonds. The van der Waals surface area contributed by atoms with Gasteiger partial charge >= 0.3 is 6.18 Å². The van der Waals surface area contributed by atoms with Crippen LogP contribution in [0, 0.1) is 5.92 Å². The van der Waals surface area contributed by atoms with Crippen LogP contribution in [-0.4, -0.2) is 23.4 Å². The van der Waals surface area contributed by atoms with Crippen LogP contribution in [0.5, 0.6) is 0 Å². The summed E-state index contributed by atoms with van der Waals surface area (Å²) in [6.07, 6.45) is -5.67. The Labute approximate surface area is 82.4 Å². The molecule has 0 unspecified atom stereocenters. The lowest BCUT2D eigenvalue weighted by Crippen LogP contribution is -2.32. The summed E-state index contributed by atoms with van der Waals surface area (Å²) in [5.74, 6) is -0.508. The Balaban J connectivity index is 2.23. The number of nitrogens with zero attached hydrogens (tertiary/aromatic N) is 1. The van der Waals surface area contributed by atoms with E-state index in [4.69, 9.17) is 4.74 Å². The van der Waals surface area contributed by atoms with Crippen LogP contribution in [0.15, 0.2) is 6.20 Å². The highest BCUT2D eigenvalue weighted by Gasteiger charge is 2.40. The zero-order valence-electron chi connectivity index (χ0n) is 7.51. The number of hydrogen-bond donors (Lipinski definition) is 1. The topological polar surface area (TPSA) is 37.9 Å². The molecule has 1 aromatic heterocycles. The van der Waals surface area contributed by atoms with Crippen LogP contribution in [0.4, 0.5) is 17.6 Å². The van der Waals surface area contributed by atoms with Gasteiger partial charge in [0.2, 0.25) is 0 Å². The molecule has 0 aliphatic carbocycles. The van der Waals surface area contributed by atoms with E-state index < -0.39 is 29.5 Å². The third-order valence-corrected chi connectivity index (χ3v) is 2.33. The maximum atomic E-state index is 13.6. The van der Waals surface area contributed by atoms with Gasteiger partial charge in [-0.2, -0.15) is 18.3 Å². The fraction of sp³-hybridized carbons (Fsp3) is 0.625. The third-order valence-electron chi connectivity index (χ3n) is 2.33. The van der Waals surface area contributed by atoms with Crippen molar-refractivity contribution >= 4 is 0 Å². The Morgan fingerprint density at radius 2 is 2.13 bits per heavy atom. The summed E-state index contributed by atoms with van der Waals surface area (Å²) in [7, 11) is 0. The first-order chi connectivity index (χ1) is 7.00. The Kier molecular flexibility index (Phi) is 2.41. The minimum absolute atomic E-state index is 0.150. The van der Waals surface area contributed by atoms with Crippen molar-refractivity contribution in [3.63, 3.8) is 0 Å². The van der Waals surface area contributed by atoms with Crippen LogP contribution in [0.25, 0.3) is 0 Å². The molecular formula is C8H8F4N2O. The molecular weight excluding hydrogens is 216 g/mol. The molecule has 2 rings (SSSR count). The molecule has 2 heterocycles. The molecule has 0 saturated carbocycles. The average Bonchev–Trinajstić information content (AvgIpc) is 2.45. The van der Waals surface area contributed by atoms with Gasteiger partial charge in [-0.3, -0.25) is 5.10 Å². The molecule has 7 heteroatoms. The fourth-order valence-corrected chi connectivity index (χ4v) is 1.39. The smallest absolute Gasteiger partial charge is 0.380 e. The van der Waals surface area contributed by atoms with Crippen molar-refractivity contribution < 1.29 is 22.3 Å². The zero-order valence-corrected chi connectivity index (χ0v) is 7.51. The molecule has 1 aliphatic rings. The molecule has 0 bridgehead atoms. The van der Waals surface area contributed by atoms with Crippen LogP contribution in [0.2, 0.25) is 0 Å². The minimum Gasteiger partial charge on any atom is -0.380 e. The highest BCUT2D eigenvalue weighted by Crippen LogP contribution is 2.38. The first-order valence-corrected chi connectivity index (χ1v) is 4.32. The van der Waals surface area contributed by atoms with Gasteiger partial charge in [0.15, 0.2) is 0 Å². The highest BCUT2D eigenvalue weighted by molar-refractivity contribution is 5.23. The van der Waals surface area contributed by atoms with Gasteiger partial charge in [0.05, 0.1) is 30.7 Å². The van der Waals surface area contributed by atoms with Crippen molar-refractivity contribution in [3.8, 4) is 0 Å². The second-order valence-electron chi connectivity index (χ2n) is 3.39. The van der Waals surface area contributed by atoms with Gasteiger partial charge < -0.3 is 4.74 Å². The molecule has 84 valence electrons. The van der Waals surface area contributed by atoms with Crippen molar-refractivity contribution in [2.75, 3.05) is 13.2 Å². The predicted octanol–water partition coefficient (Wildman–Crippen LogP) is 2.09. The van der Waals surface area contributed by atoms with Crippen molar-refractivity contribution in [1.29, 1.82) is 0 Å². The van der Waals surface area contributed by atoms with Gasteiger partial charge in [-0.15, -0.1) is 0 Å². The molecule has 1 N–H and O–H groups in total. The summed E-state index contributed by atoms with van der Waals surface area (Å²) in [6, 6.07) is 0. The van der Waals surface area contributed by atoms with E-state index in [1.807, 2.05) is 0 Å². The van der Waals surface area contributed by atoms with E-state index >= 15 is 0 Å². The molecule has 1 aliphatic heterocycles. The number of H-pyrrole nitrogens is 1. The van der Waals surface area contributed by atoms with Crippen LogP contribution < -0.4 is 0 Å². The van der Waals surface area contributed by atoms with Crippen LogP contribution in [0.3, 0.4) is 0 Å². The number of nitrogens with one attached hydrogen (secondary N) is 1. The normalized spacial score (nSPS) is 20.0. The second-order valence-corrected chi connectivity index (χ2v) is 3.39. The lowest BCUT2D eigenvalue weighted by molar-refractivity contribution is -0.140. The molecule has 15 heavy (non-hydrogen) atoms. The molecule has 1 saturated heterocycles. The van der Waals surface area contributed by atoms with E-state index in [0.29, 0.717) is 6.20 Å². The molecule has 1 atom stereocenters. The Morgan fingerprint density at radius 1 is 1.47 bits per heavy atom. The van der Waals surface area contributed by atoms with E-state index in [0.717, 1.165) is 0 Å². The summed E-state index contributed by atoms with van der Waals surface area (Å²) in [5, 5.41) is 5.29. The standard InChI is InChI=1S/C8H8F4N2O/c9-6(4-2-15-3-4)7-5(1-13-14-7)8(10,11)12/h1,4,6H,2-3H2,(H,13,14)/t6-/m0/s1. The lowest BCUT2D eigenvalue weighted by Gasteiger charge is -2.28. The van der Waals surface area contributed by atoms with E-state index in [-0.39, 0.29) is 13.2 Å².